The number of hydrogen-bond donors (Lipinski definition) is 0. The summed E-state index contributed by atoms with van der Waals surface area (Å²) in [6.07, 6.45) is 1.64. The second-order valence-corrected chi connectivity index (χ2v) is 6.04. The standard InChI is InChI=1S/C17H23FN2O3/c1-19(2)16(21)13-5-4-10-20(11-13)15(17(22)23-3)12-6-8-14(18)9-7-12/h6-9,13,15H,4-5,10-11H2,1-3H3/t13-,15-/m1/s1. The average molecular weight is 322 g/mol. The van der Waals surface area contributed by atoms with Gasteiger partial charge in [-0.15, -0.1) is 0 Å². The van der Waals surface area contributed by atoms with Crippen LogP contribution in [0.1, 0.15) is 24.4 Å². The molecule has 23 heavy (non-hydrogen) atoms. The van der Waals surface area contributed by atoms with E-state index in [0.717, 1.165) is 12.8 Å². The fraction of sp³-hybridized carbons (Fsp3) is 0.529. The fourth-order valence-corrected chi connectivity index (χ4v) is 3.06. The first kappa shape index (κ1) is 17.4. The molecule has 1 aliphatic rings. The summed E-state index contributed by atoms with van der Waals surface area (Å²) in [6.45, 7) is 1.20. The molecule has 2 atom stereocenters. The Balaban J connectivity index is 2.23. The number of piperidine rings is 1. The Bertz CT molecular complexity index is 559. The molecule has 0 aromatic heterocycles. The lowest BCUT2D eigenvalue weighted by molar-refractivity contribution is -0.149. The van der Waals surface area contributed by atoms with E-state index in [1.54, 1.807) is 31.1 Å². The molecule has 1 aromatic rings. The van der Waals surface area contributed by atoms with Gasteiger partial charge in [0.1, 0.15) is 11.9 Å². The zero-order valence-electron chi connectivity index (χ0n) is 13.8. The number of carbonyl (C=O) groups is 2. The molecule has 2 rings (SSSR count). The van der Waals surface area contributed by atoms with Gasteiger partial charge in [-0.3, -0.25) is 9.69 Å². The van der Waals surface area contributed by atoms with Crippen molar-refractivity contribution in [3.63, 3.8) is 0 Å². The Morgan fingerprint density at radius 3 is 2.52 bits per heavy atom. The van der Waals surface area contributed by atoms with Crippen LogP contribution >= 0.6 is 0 Å². The van der Waals surface area contributed by atoms with Gasteiger partial charge in [0.25, 0.3) is 0 Å². The van der Waals surface area contributed by atoms with Crippen molar-refractivity contribution in [3.05, 3.63) is 35.6 Å². The number of esters is 1. The van der Waals surface area contributed by atoms with Crippen LogP contribution in [0.25, 0.3) is 0 Å². The molecule has 0 radical (unpaired) electrons. The molecule has 0 N–H and O–H groups in total. The van der Waals surface area contributed by atoms with Crippen molar-refractivity contribution < 1.29 is 18.7 Å². The fourth-order valence-electron chi connectivity index (χ4n) is 3.06. The molecular formula is C17H23FN2O3. The number of amides is 1. The minimum atomic E-state index is -0.613. The number of hydrogen-bond acceptors (Lipinski definition) is 4. The first-order valence-corrected chi connectivity index (χ1v) is 7.72. The minimum Gasteiger partial charge on any atom is -0.468 e. The number of methoxy groups -OCH3 is 1. The van der Waals surface area contributed by atoms with Gasteiger partial charge >= 0.3 is 5.97 Å². The SMILES string of the molecule is COC(=O)[C@@H](c1ccc(F)cc1)N1CCC[C@@H](C(=O)N(C)C)C1. The number of nitrogens with zero attached hydrogens (tertiary/aromatic N) is 2. The number of ether oxygens (including phenoxy) is 1. The van der Waals surface area contributed by atoms with Gasteiger partial charge in [0.05, 0.1) is 13.0 Å². The molecule has 1 saturated heterocycles. The van der Waals surface area contributed by atoms with Gasteiger partial charge < -0.3 is 9.64 Å². The molecule has 1 fully saturated rings. The summed E-state index contributed by atoms with van der Waals surface area (Å²) in [5, 5.41) is 0. The first-order valence-electron chi connectivity index (χ1n) is 7.72. The Hall–Kier alpha value is -1.95. The molecule has 126 valence electrons. The van der Waals surface area contributed by atoms with E-state index in [2.05, 4.69) is 0 Å². The maximum absolute atomic E-state index is 13.2. The maximum Gasteiger partial charge on any atom is 0.327 e. The van der Waals surface area contributed by atoms with Gasteiger partial charge in [-0.2, -0.15) is 0 Å². The van der Waals surface area contributed by atoms with Gasteiger partial charge in [0.15, 0.2) is 0 Å². The number of likely N-dealkylation sites (tertiary alicyclic amines) is 1. The van der Waals surface area contributed by atoms with E-state index in [1.807, 2.05) is 4.90 Å². The highest BCUT2D eigenvalue weighted by molar-refractivity contribution is 5.80. The van der Waals surface area contributed by atoms with Crippen molar-refractivity contribution in [2.24, 2.45) is 5.92 Å². The van der Waals surface area contributed by atoms with Crippen LogP contribution in [0.5, 0.6) is 0 Å². The van der Waals surface area contributed by atoms with E-state index in [0.29, 0.717) is 18.7 Å². The monoisotopic (exact) mass is 322 g/mol. The summed E-state index contributed by atoms with van der Waals surface area (Å²) < 4.78 is 18.1. The lowest BCUT2D eigenvalue weighted by atomic mass is 9.93. The van der Waals surface area contributed by atoms with Gasteiger partial charge in [-0.05, 0) is 37.1 Å². The molecule has 1 aliphatic heterocycles. The molecule has 0 spiro atoms. The van der Waals surface area contributed by atoms with Crippen molar-refractivity contribution >= 4 is 11.9 Å². The lowest BCUT2D eigenvalue weighted by Gasteiger charge is -2.37. The normalized spacial score (nSPS) is 19.9. The largest absolute Gasteiger partial charge is 0.468 e. The van der Waals surface area contributed by atoms with Crippen molar-refractivity contribution in [2.75, 3.05) is 34.3 Å². The minimum absolute atomic E-state index is 0.0671. The van der Waals surface area contributed by atoms with E-state index in [4.69, 9.17) is 4.74 Å². The molecule has 0 saturated carbocycles. The summed E-state index contributed by atoms with van der Waals surface area (Å²) in [5.41, 5.74) is 0.677. The molecule has 1 heterocycles. The quantitative estimate of drug-likeness (QED) is 0.794. The predicted molar refractivity (Wildman–Crippen MR) is 84.1 cm³/mol. The van der Waals surface area contributed by atoms with E-state index in [1.165, 1.54) is 19.2 Å². The summed E-state index contributed by atoms with van der Waals surface area (Å²) >= 11 is 0. The Morgan fingerprint density at radius 2 is 1.96 bits per heavy atom. The predicted octanol–water partition coefficient (Wildman–Crippen LogP) is 1.84. The highest BCUT2D eigenvalue weighted by Crippen LogP contribution is 2.28. The third-order valence-corrected chi connectivity index (χ3v) is 4.22. The Labute approximate surface area is 136 Å². The highest BCUT2D eigenvalue weighted by Gasteiger charge is 2.35. The Kier molecular flexibility index (Phi) is 5.71. The molecule has 6 heteroatoms. The third kappa shape index (κ3) is 4.07. The topological polar surface area (TPSA) is 49.9 Å². The van der Waals surface area contributed by atoms with Crippen molar-refractivity contribution in [1.29, 1.82) is 0 Å². The first-order chi connectivity index (χ1) is 10.9. The highest BCUT2D eigenvalue weighted by atomic mass is 19.1. The van der Waals surface area contributed by atoms with E-state index < -0.39 is 12.0 Å². The van der Waals surface area contributed by atoms with Crippen LogP contribution < -0.4 is 0 Å². The molecule has 5 nitrogen and oxygen atoms in total. The maximum atomic E-state index is 13.2. The van der Waals surface area contributed by atoms with Crippen molar-refractivity contribution in [3.8, 4) is 0 Å². The van der Waals surface area contributed by atoms with E-state index >= 15 is 0 Å². The summed E-state index contributed by atoms with van der Waals surface area (Å²) in [6, 6.07) is 5.23. The van der Waals surface area contributed by atoms with E-state index in [9.17, 15) is 14.0 Å². The summed E-state index contributed by atoms with van der Waals surface area (Å²) in [5.74, 6) is -0.810. The molecule has 0 aliphatic carbocycles. The van der Waals surface area contributed by atoms with Crippen LogP contribution in [0.4, 0.5) is 4.39 Å². The van der Waals surface area contributed by atoms with Crippen LogP contribution in [0.2, 0.25) is 0 Å². The molecule has 1 amide bonds. The van der Waals surface area contributed by atoms with Crippen LogP contribution in [0.3, 0.4) is 0 Å². The molecule has 0 bridgehead atoms. The second-order valence-electron chi connectivity index (χ2n) is 6.04. The molecule has 1 aromatic carbocycles. The number of halogens is 1. The van der Waals surface area contributed by atoms with Crippen molar-refractivity contribution in [1.82, 2.24) is 9.80 Å². The zero-order valence-corrected chi connectivity index (χ0v) is 13.8. The number of rotatable bonds is 4. The second kappa shape index (κ2) is 7.55. The summed E-state index contributed by atoms with van der Waals surface area (Å²) in [4.78, 5) is 28.0. The third-order valence-electron chi connectivity index (χ3n) is 4.22. The van der Waals surface area contributed by atoms with Crippen LogP contribution in [-0.2, 0) is 14.3 Å². The van der Waals surface area contributed by atoms with Crippen LogP contribution in [-0.4, -0.2) is 56.0 Å². The van der Waals surface area contributed by atoms with E-state index in [-0.39, 0.29) is 17.6 Å². The Morgan fingerprint density at radius 1 is 1.30 bits per heavy atom. The van der Waals surface area contributed by atoms with Crippen LogP contribution in [0, 0.1) is 11.7 Å². The van der Waals surface area contributed by atoms with Crippen LogP contribution in [0.15, 0.2) is 24.3 Å². The van der Waals surface area contributed by atoms with Gasteiger partial charge in [-0.1, -0.05) is 12.1 Å². The van der Waals surface area contributed by atoms with Crippen molar-refractivity contribution in [2.45, 2.75) is 18.9 Å². The van der Waals surface area contributed by atoms with Gasteiger partial charge in [0, 0.05) is 20.6 Å². The number of benzene rings is 1. The zero-order chi connectivity index (χ0) is 17.0. The molecular weight excluding hydrogens is 299 g/mol. The molecule has 0 unspecified atom stereocenters. The van der Waals surface area contributed by atoms with Gasteiger partial charge in [0.2, 0.25) is 5.91 Å². The average Bonchev–Trinajstić information content (AvgIpc) is 2.56. The van der Waals surface area contributed by atoms with Gasteiger partial charge in [-0.25, -0.2) is 9.18 Å². The smallest absolute Gasteiger partial charge is 0.327 e. The lowest BCUT2D eigenvalue weighted by Crippen LogP contribution is -2.46. The number of carbonyl (C=O) groups excluding carboxylic acids is 2. The summed E-state index contributed by atoms with van der Waals surface area (Å²) in [7, 11) is 4.81.